The zero-order chi connectivity index (χ0) is 14.8. The molecule has 1 aliphatic rings. The maximum Gasteiger partial charge on any atom is 0.239 e. The summed E-state index contributed by atoms with van der Waals surface area (Å²) in [5.41, 5.74) is 2.50. The van der Waals surface area contributed by atoms with Gasteiger partial charge in [0.15, 0.2) is 0 Å². The maximum absolute atomic E-state index is 12.6. The Balaban J connectivity index is 1.69. The normalized spacial score (nSPS) is 19.8. The predicted octanol–water partition coefficient (Wildman–Crippen LogP) is 1.67. The SMILES string of the molecule is CN(Cc1ccc2nonc2c1)C(=O)[C@H]1CCCCN1C. The van der Waals surface area contributed by atoms with E-state index in [1.165, 1.54) is 6.42 Å². The largest absolute Gasteiger partial charge is 0.340 e. The van der Waals surface area contributed by atoms with Gasteiger partial charge in [-0.3, -0.25) is 9.69 Å². The molecule has 0 unspecified atom stereocenters. The van der Waals surface area contributed by atoms with Crippen LogP contribution in [0.1, 0.15) is 24.8 Å². The quantitative estimate of drug-likeness (QED) is 0.859. The molecule has 0 aliphatic carbocycles. The van der Waals surface area contributed by atoms with Crippen LogP contribution < -0.4 is 0 Å². The van der Waals surface area contributed by atoms with E-state index in [4.69, 9.17) is 4.63 Å². The molecule has 1 aliphatic heterocycles. The second kappa shape index (κ2) is 5.81. The minimum absolute atomic E-state index is 0.0150. The Kier molecular flexibility index (Phi) is 3.88. The number of aromatic nitrogens is 2. The molecule has 2 heterocycles. The molecule has 3 rings (SSSR count). The summed E-state index contributed by atoms with van der Waals surface area (Å²) in [4.78, 5) is 16.5. The van der Waals surface area contributed by atoms with Crippen LogP contribution >= 0.6 is 0 Å². The summed E-state index contributed by atoms with van der Waals surface area (Å²) in [6.07, 6.45) is 3.26. The zero-order valence-corrected chi connectivity index (χ0v) is 12.5. The van der Waals surface area contributed by atoms with Crippen LogP contribution in [0, 0.1) is 0 Å². The zero-order valence-electron chi connectivity index (χ0n) is 12.5. The predicted molar refractivity (Wildman–Crippen MR) is 78.5 cm³/mol. The monoisotopic (exact) mass is 288 g/mol. The van der Waals surface area contributed by atoms with Gasteiger partial charge in [-0.1, -0.05) is 12.5 Å². The van der Waals surface area contributed by atoms with Gasteiger partial charge in [-0.05, 0) is 54.4 Å². The Hall–Kier alpha value is -1.95. The van der Waals surface area contributed by atoms with E-state index < -0.39 is 0 Å². The van der Waals surface area contributed by atoms with Crippen molar-refractivity contribution >= 4 is 16.9 Å². The van der Waals surface area contributed by atoms with Crippen LogP contribution in [0.3, 0.4) is 0 Å². The van der Waals surface area contributed by atoms with Crippen LogP contribution in [-0.2, 0) is 11.3 Å². The molecule has 0 saturated carbocycles. The number of benzene rings is 1. The van der Waals surface area contributed by atoms with Crippen molar-refractivity contribution in [2.75, 3.05) is 20.6 Å². The Morgan fingerprint density at radius 2 is 2.19 bits per heavy atom. The van der Waals surface area contributed by atoms with Crippen molar-refractivity contribution in [3.05, 3.63) is 23.8 Å². The van der Waals surface area contributed by atoms with E-state index in [2.05, 4.69) is 15.2 Å². The van der Waals surface area contributed by atoms with Crippen molar-refractivity contribution in [3.63, 3.8) is 0 Å². The molecule has 0 spiro atoms. The smallest absolute Gasteiger partial charge is 0.239 e. The molecule has 21 heavy (non-hydrogen) atoms. The lowest BCUT2D eigenvalue weighted by Gasteiger charge is -2.34. The Bertz CT molecular complexity index is 639. The van der Waals surface area contributed by atoms with Gasteiger partial charge in [0, 0.05) is 13.6 Å². The van der Waals surface area contributed by atoms with Crippen LogP contribution in [0.15, 0.2) is 22.8 Å². The van der Waals surface area contributed by atoms with Gasteiger partial charge in [0.25, 0.3) is 0 Å². The van der Waals surface area contributed by atoms with Crippen molar-refractivity contribution in [2.45, 2.75) is 31.8 Å². The summed E-state index contributed by atoms with van der Waals surface area (Å²) in [7, 11) is 3.89. The van der Waals surface area contributed by atoms with E-state index >= 15 is 0 Å². The number of likely N-dealkylation sites (N-methyl/N-ethyl adjacent to an activating group) is 2. The van der Waals surface area contributed by atoms with Gasteiger partial charge in [0.1, 0.15) is 11.0 Å². The van der Waals surface area contributed by atoms with Gasteiger partial charge in [0.2, 0.25) is 5.91 Å². The van der Waals surface area contributed by atoms with Gasteiger partial charge in [0.05, 0.1) is 6.04 Å². The van der Waals surface area contributed by atoms with Crippen LogP contribution in [0.5, 0.6) is 0 Å². The lowest BCUT2D eigenvalue weighted by molar-refractivity contribution is -0.136. The highest BCUT2D eigenvalue weighted by molar-refractivity contribution is 5.82. The van der Waals surface area contributed by atoms with Crippen molar-refractivity contribution in [3.8, 4) is 0 Å². The molecular weight excluding hydrogens is 268 g/mol. The third-order valence-electron chi connectivity index (χ3n) is 4.17. The second-order valence-corrected chi connectivity index (χ2v) is 5.77. The Labute approximate surface area is 123 Å². The van der Waals surface area contributed by atoms with E-state index in [9.17, 15) is 4.79 Å². The van der Waals surface area contributed by atoms with E-state index in [1.54, 1.807) is 4.90 Å². The summed E-state index contributed by atoms with van der Waals surface area (Å²) in [5, 5.41) is 7.62. The molecule has 112 valence electrons. The van der Waals surface area contributed by atoms with Crippen LogP contribution in [0.2, 0.25) is 0 Å². The number of carbonyl (C=O) groups excluding carboxylic acids is 1. The summed E-state index contributed by atoms with van der Waals surface area (Å²) < 4.78 is 4.69. The first kappa shape index (κ1) is 14.0. The van der Waals surface area contributed by atoms with Gasteiger partial charge >= 0.3 is 0 Å². The molecule has 1 saturated heterocycles. The lowest BCUT2D eigenvalue weighted by atomic mass is 10.0. The third-order valence-corrected chi connectivity index (χ3v) is 4.17. The molecule has 1 aromatic carbocycles. The highest BCUT2D eigenvalue weighted by atomic mass is 16.6. The minimum Gasteiger partial charge on any atom is -0.340 e. The molecule has 1 atom stereocenters. The van der Waals surface area contributed by atoms with Crippen LogP contribution in [0.25, 0.3) is 11.0 Å². The molecule has 0 radical (unpaired) electrons. The van der Waals surface area contributed by atoms with E-state index in [0.29, 0.717) is 6.54 Å². The number of likely N-dealkylation sites (tertiary alicyclic amines) is 1. The first-order valence-corrected chi connectivity index (χ1v) is 7.31. The summed E-state index contributed by atoms with van der Waals surface area (Å²) in [6, 6.07) is 5.76. The standard InChI is InChI=1S/C15H20N4O2/c1-18-8-4-3-5-14(18)15(20)19(2)10-11-6-7-12-13(9-11)17-21-16-12/h6-7,9,14H,3-5,8,10H2,1-2H3/t14-/m1/s1. The average Bonchev–Trinajstić information content (AvgIpc) is 2.94. The number of nitrogens with zero attached hydrogens (tertiary/aromatic N) is 4. The summed E-state index contributed by atoms with van der Waals surface area (Å²) >= 11 is 0. The van der Waals surface area contributed by atoms with Crippen molar-refractivity contribution in [1.29, 1.82) is 0 Å². The minimum atomic E-state index is 0.0150. The van der Waals surface area contributed by atoms with Crippen molar-refractivity contribution in [1.82, 2.24) is 20.1 Å². The van der Waals surface area contributed by atoms with Crippen LogP contribution in [-0.4, -0.2) is 52.7 Å². The molecule has 2 aromatic rings. The number of rotatable bonds is 3. The summed E-state index contributed by atoms with van der Waals surface area (Å²) in [6.45, 7) is 1.58. The number of hydrogen-bond donors (Lipinski definition) is 0. The summed E-state index contributed by atoms with van der Waals surface area (Å²) in [5.74, 6) is 0.190. The van der Waals surface area contributed by atoms with Crippen molar-refractivity contribution in [2.24, 2.45) is 0 Å². The third kappa shape index (κ3) is 2.90. The van der Waals surface area contributed by atoms with Gasteiger partial charge in [-0.15, -0.1) is 0 Å². The molecular formula is C15H20N4O2. The lowest BCUT2D eigenvalue weighted by Crippen LogP contribution is -2.47. The Morgan fingerprint density at radius 3 is 3.00 bits per heavy atom. The number of carbonyl (C=O) groups is 1. The van der Waals surface area contributed by atoms with E-state index in [0.717, 1.165) is 36.0 Å². The molecule has 1 fully saturated rings. The highest BCUT2D eigenvalue weighted by Gasteiger charge is 2.28. The fraction of sp³-hybridized carbons (Fsp3) is 0.533. The van der Waals surface area contributed by atoms with E-state index in [1.807, 2.05) is 32.3 Å². The number of fused-ring (bicyclic) bond motifs is 1. The molecule has 0 N–H and O–H groups in total. The van der Waals surface area contributed by atoms with E-state index in [-0.39, 0.29) is 11.9 Å². The van der Waals surface area contributed by atoms with Crippen molar-refractivity contribution < 1.29 is 9.42 Å². The Morgan fingerprint density at radius 1 is 1.38 bits per heavy atom. The van der Waals surface area contributed by atoms with Gasteiger partial charge < -0.3 is 4.90 Å². The van der Waals surface area contributed by atoms with Crippen LogP contribution in [0.4, 0.5) is 0 Å². The second-order valence-electron chi connectivity index (χ2n) is 5.77. The first-order valence-electron chi connectivity index (χ1n) is 7.31. The highest BCUT2D eigenvalue weighted by Crippen LogP contribution is 2.18. The molecule has 1 amide bonds. The first-order chi connectivity index (χ1) is 10.1. The fourth-order valence-electron chi connectivity index (χ4n) is 2.92. The fourth-order valence-corrected chi connectivity index (χ4v) is 2.92. The topological polar surface area (TPSA) is 62.5 Å². The molecule has 6 heteroatoms. The van der Waals surface area contributed by atoms with Gasteiger partial charge in [-0.25, -0.2) is 4.63 Å². The van der Waals surface area contributed by atoms with Gasteiger partial charge in [-0.2, -0.15) is 0 Å². The number of amides is 1. The molecule has 6 nitrogen and oxygen atoms in total. The molecule has 1 aromatic heterocycles. The average molecular weight is 288 g/mol. The number of piperidine rings is 1. The number of hydrogen-bond acceptors (Lipinski definition) is 5. The molecule has 0 bridgehead atoms. The maximum atomic E-state index is 12.6.